The predicted octanol–water partition coefficient (Wildman–Crippen LogP) is 2.82. The molecule has 3 rings (SSSR count). The molecule has 2 aliphatic rings. The van der Waals surface area contributed by atoms with E-state index in [2.05, 4.69) is 17.0 Å². The number of nitrogens with zero attached hydrogens (tertiary/aromatic N) is 1. The fraction of sp³-hybridized carbons (Fsp3) is 0.562. The number of hydrogen-bond acceptors (Lipinski definition) is 2. The molecule has 0 radical (unpaired) electrons. The van der Waals surface area contributed by atoms with Gasteiger partial charge in [0.25, 0.3) is 0 Å². The number of fused-ring (bicyclic) bond motifs is 1. The summed E-state index contributed by atoms with van der Waals surface area (Å²) in [6, 6.07) is 6.19. The highest BCUT2D eigenvalue weighted by molar-refractivity contribution is 5.81. The standard InChI is InChI=1S/C16H21NO2/c1-16(2,15(18)19)13-6-5-12-7-8-17(14(12)9-13)10-11-3-4-11/h5-6,9,11H,3-4,7-8,10H2,1-2H3,(H,18,19). The summed E-state index contributed by atoms with van der Waals surface area (Å²) in [5.74, 6) is 0.0984. The second kappa shape index (κ2) is 4.26. The zero-order valence-corrected chi connectivity index (χ0v) is 11.6. The molecule has 1 saturated carbocycles. The first-order valence-corrected chi connectivity index (χ1v) is 7.10. The van der Waals surface area contributed by atoms with Crippen molar-refractivity contribution in [3.8, 4) is 0 Å². The molecule has 0 amide bonds. The second-order valence-electron chi connectivity index (χ2n) is 6.41. The number of anilines is 1. The Morgan fingerprint density at radius 3 is 2.79 bits per heavy atom. The van der Waals surface area contributed by atoms with E-state index < -0.39 is 11.4 Å². The second-order valence-corrected chi connectivity index (χ2v) is 6.41. The third-order valence-electron chi connectivity index (χ3n) is 4.51. The maximum absolute atomic E-state index is 11.4. The van der Waals surface area contributed by atoms with Crippen LogP contribution in [0.25, 0.3) is 0 Å². The lowest BCUT2D eigenvalue weighted by molar-refractivity contribution is -0.142. The highest BCUT2D eigenvalue weighted by atomic mass is 16.4. The SMILES string of the molecule is CC(C)(C(=O)O)c1ccc2c(c1)N(CC1CC1)CC2. The van der Waals surface area contributed by atoms with Gasteiger partial charge in [0.05, 0.1) is 5.41 Å². The summed E-state index contributed by atoms with van der Waals surface area (Å²) < 4.78 is 0. The van der Waals surface area contributed by atoms with E-state index in [1.807, 2.05) is 6.07 Å². The van der Waals surface area contributed by atoms with Crippen molar-refractivity contribution in [2.24, 2.45) is 5.92 Å². The van der Waals surface area contributed by atoms with Crippen LogP contribution in [0.5, 0.6) is 0 Å². The third-order valence-corrected chi connectivity index (χ3v) is 4.51. The average Bonchev–Trinajstić information content (AvgIpc) is 3.09. The van der Waals surface area contributed by atoms with Gasteiger partial charge in [0.2, 0.25) is 0 Å². The molecule has 1 heterocycles. The first-order valence-electron chi connectivity index (χ1n) is 7.10. The van der Waals surface area contributed by atoms with Crippen molar-refractivity contribution in [3.63, 3.8) is 0 Å². The van der Waals surface area contributed by atoms with E-state index in [9.17, 15) is 9.90 Å². The molecule has 0 aromatic heterocycles. The fourth-order valence-electron chi connectivity index (χ4n) is 2.76. The van der Waals surface area contributed by atoms with Gasteiger partial charge in [-0.3, -0.25) is 4.79 Å². The van der Waals surface area contributed by atoms with Gasteiger partial charge in [0, 0.05) is 18.8 Å². The lowest BCUT2D eigenvalue weighted by Crippen LogP contribution is -2.29. The largest absolute Gasteiger partial charge is 0.481 e. The Morgan fingerprint density at radius 1 is 1.42 bits per heavy atom. The number of carbonyl (C=O) groups is 1. The van der Waals surface area contributed by atoms with Crippen molar-refractivity contribution in [2.75, 3.05) is 18.0 Å². The molecule has 0 spiro atoms. The summed E-state index contributed by atoms with van der Waals surface area (Å²) in [5, 5.41) is 9.35. The van der Waals surface area contributed by atoms with E-state index in [1.165, 1.54) is 24.1 Å². The van der Waals surface area contributed by atoms with Gasteiger partial charge in [0.15, 0.2) is 0 Å². The Kier molecular flexibility index (Phi) is 2.80. The molecule has 1 fully saturated rings. The topological polar surface area (TPSA) is 40.5 Å². The Balaban J connectivity index is 1.91. The van der Waals surface area contributed by atoms with E-state index in [4.69, 9.17) is 0 Å². The maximum Gasteiger partial charge on any atom is 0.313 e. The summed E-state index contributed by atoms with van der Waals surface area (Å²) in [6.07, 6.45) is 3.80. The van der Waals surface area contributed by atoms with Crippen LogP contribution in [0.4, 0.5) is 5.69 Å². The molecule has 1 aliphatic heterocycles. The third kappa shape index (κ3) is 2.22. The molecule has 0 bridgehead atoms. The highest BCUT2D eigenvalue weighted by Gasteiger charge is 2.32. The Hall–Kier alpha value is -1.51. The quantitative estimate of drug-likeness (QED) is 0.904. The van der Waals surface area contributed by atoms with Crippen molar-refractivity contribution in [3.05, 3.63) is 29.3 Å². The normalized spacial score (nSPS) is 18.5. The van der Waals surface area contributed by atoms with Gasteiger partial charge in [-0.25, -0.2) is 0 Å². The molecular weight excluding hydrogens is 238 g/mol. The summed E-state index contributed by atoms with van der Waals surface area (Å²) in [5.41, 5.74) is 2.72. The Bertz CT molecular complexity index is 517. The van der Waals surface area contributed by atoms with Gasteiger partial charge in [-0.1, -0.05) is 12.1 Å². The highest BCUT2D eigenvalue weighted by Crippen LogP contribution is 2.37. The van der Waals surface area contributed by atoms with Gasteiger partial charge in [0.1, 0.15) is 0 Å². The van der Waals surface area contributed by atoms with Crippen LogP contribution < -0.4 is 4.90 Å². The van der Waals surface area contributed by atoms with Crippen LogP contribution in [-0.2, 0) is 16.6 Å². The zero-order chi connectivity index (χ0) is 13.6. The lowest BCUT2D eigenvalue weighted by atomic mass is 9.84. The summed E-state index contributed by atoms with van der Waals surface area (Å²) in [4.78, 5) is 13.8. The first-order chi connectivity index (χ1) is 8.98. The molecule has 19 heavy (non-hydrogen) atoms. The van der Waals surface area contributed by atoms with Crippen LogP contribution in [0.3, 0.4) is 0 Å². The molecule has 0 unspecified atom stereocenters. The van der Waals surface area contributed by atoms with Gasteiger partial charge in [-0.2, -0.15) is 0 Å². The molecule has 1 aliphatic carbocycles. The number of carboxylic acid groups (broad SMARTS) is 1. The fourth-order valence-corrected chi connectivity index (χ4v) is 2.76. The van der Waals surface area contributed by atoms with Crippen LogP contribution >= 0.6 is 0 Å². The van der Waals surface area contributed by atoms with Crippen molar-refractivity contribution in [1.29, 1.82) is 0 Å². The van der Waals surface area contributed by atoms with Crippen molar-refractivity contribution in [1.82, 2.24) is 0 Å². The monoisotopic (exact) mass is 259 g/mol. The van der Waals surface area contributed by atoms with Crippen LogP contribution in [0.1, 0.15) is 37.8 Å². The molecular formula is C16H21NO2. The van der Waals surface area contributed by atoms with Gasteiger partial charge in [-0.15, -0.1) is 0 Å². The lowest BCUT2D eigenvalue weighted by Gasteiger charge is -2.24. The first kappa shape index (κ1) is 12.5. The molecule has 3 heteroatoms. The summed E-state index contributed by atoms with van der Waals surface area (Å²) >= 11 is 0. The van der Waals surface area contributed by atoms with Crippen LogP contribution in [0.2, 0.25) is 0 Å². The van der Waals surface area contributed by atoms with Crippen molar-refractivity contribution in [2.45, 2.75) is 38.5 Å². The number of rotatable bonds is 4. The van der Waals surface area contributed by atoms with Gasteiger partial charge in [-0.05, 0) is 56.2 Å². The van der Waals surface area contributed by atoms with E-state index in [0.29, 0.717) is 0 Å². The molecule has 102 valence electrons. The van der Waals surface area contributed by atoms with Crippen LogP contribution in [-0.4, -0.2) is 24.2 Å². The Labute approximate surface area is 114 Å². The minimum atomic E-state index is -0.817. The summed E-state index contributed by atoms with van der Waals surface area (Å²) in [7, 11) is 0. The minimum Gasteiger partial charge on any atom is -0.481 e. The van der Waals surface area contributed by atoms with Gasteiger partial charge >= 0.3 is 5.97 Å². The molecule has 0 saturated heterocycles. The van der Waals surface area contributed by atoms with Crippen molar-refractivity contribution < 1.29 is 9.90 Å². The molecule has 3 nitrogen and oxygen atoms in total. The van der Waals surface area contributed by atoms with E-state index in [1.54, 1.807) is 13.8 Å². The molecule has 1 aromatic carbocycles. The van der Waals surface area contributed by atoms with Crippen molar-refractivity contribution >= 4 is 11.7 Å². The van der Waals surface area contributed by atoms with E-state index in [0.717, 1.165) is 31.0 Å². The zero-order valence-electron chi connectivity index (χ0n) is 11.6. The number of aliphatic carboxylic acids is 1. The predicted molar refractivity (Wildman–Crippen MR) is 75.7 cm³/mol. The van der Waals surface area contributed by atoms with E-state index >= 15 is 0 Å². The molecule has 1 N–H and O–H groups in total. The molecule has 0 atom stereocenters. The maximum atomic E-state index is 11.4. The number of benzene rings is 1. The van der Waals surface area contributed by atoms with Gasteiger partial charge < -0.3 is 10.0 Å². The number of hydrogen-bond donors (Lipinski definition) is 1. The minimum absolute atomic E-state index is 0.765. The van der Waals surface area contributed by atoms with Crippen LogP contribution in [0.15, 0.2) is 18.2 Å². The number of carboxylic acids is 1. The smallest absolute Gasteiger partial charge is 0.313 e. The average molecular weight is 259 g/mol. The van der Waals surface area contributed by atoms with E-state index in [-0.39, 0.29) is 0 Å². The summed E-state index contributed by atoms with van der Waals surface area (Å²) in [6.45, 7) is 5.78. The Morgan fingerprint density at radius 2 is 2.16 bits per heavy atom. The molecule has 1 aromatic rings. The van der Waals surface area contributed by atoms with Crippen LogP contribution in [0, 0.1) is 5.92 Å².